The SMILES string of the molecule is Cc1cc(O)c(F)cc1-c1ccc(OCCF)cc1. The number of hydrogen-bond donors (Lipinski definition) is 1. The van der Waals surface area contributed by atoms with E-state index in [2.05, 4.69) is 0 Å². The third kappa shape index (κ3) is 3.02. The molecule has 1 N–H and O–H groups in total. The Balaban J connectivity index is 2.29. The van der Waals surface area contributed by atoms with Gasteiger partial charge in [0.1, 0.15) is 19.0 Å². The predicted molar refractivity (Wildman–Crippen MR) is 69.7 cm³/mol. The van der Waals surface area contributed by atoms with E-state index in [0.717, 1.165) is 11.1 Å². The Morgan fingerprint density at radius 1 is 1.16 bits per heavy atom. The molecule has 0 unspecified atom stereocenters. The summed E-state index contributed by atoms with van der Waals surface area (Å²) in [6.45, 7) is 1.28. The molecule has 0 aliphatic rings. The van der Waals surface area contributed by atoms with Gasteiger partial charge in [0.25, 0.3) is 0 Å². The van der Waals surface area contributed by atoms with Gasteiger partial charge in [-0.1, -0.05) is 12.1 Å². The van der Waals surface area contributed by atoms with E-state index < -0.39 is 12.5 Å². The molecular formula is C15H14F2O2. The van der Waals surface area contributed by atoms with Crippen LogP contribution in [0, 0.1) is 12.7 Å². The van der Waals surface area contributed by atoms with Crippen molar-refractivity contribution in [3.05, 3.63) is 47.8 Å². The lowest BCUT2D eigenvalue weighted by atomic mass is 10.00. The molecule has 2 aromatic carbocycles. The maximum absolute atomic E-state index is 13.4. The quantitative estimate of drug-likeness (QED) is 0.908. The summed E-state index contributed by atoms with van der Waals surface area (Å²) in [4.78, 5) is 0. The zero-order valence-electron chi connectivity index (χ0n) is 10.5. The van der Waals surface area contributed by atoms with E-state index in [9.17, 15) is 13.9 Å². The standard InChI is InChI=1S/C15H14F2O2/c1-10-8-15(18)14(17)9-13(10)11-2-4-12(5-3-11)19-7-6-16/h2-5,8-9,18H,6-7H2,1H3. The molecule has 0 saturated carbocycles. The second-order valence-corrected chi connectivity index (χ2v) is 4.18. The lowest BCUT2D eigenvalue weighted by Gasteiger charge is -2.09. The number of phenols is 1. The molecule has 2 aromatic rings. The average Bonchev–Trinajstić information content (AvgIpc) is 2.41. The normalized spacial score (nSPS) is 10.5. The second kappa shape index (κ2) is 5.69. The summed E-state index contributed by atoms with van der Waals surface area (Å²) >= 11 is 0. The summed E-state index contributed by atoms with van der Waals surface area (Å²) in [5.74, 6) is -0.444. The molecule has 0 aliphatic carbocycles. The monoisotopic (exact) mass is 264 g/mol. The van der Waals surface area contributed by atoms with Gasteiger partial charge in [-0.25, -0.2) is 8.78 Å². The average molecular weight is 264 g/mol. The molecule has 0 bridgehead atoms. The minimum atomic E-state index is -0.654. The Hall–Kier alpha value is -2.10. The number of aromatic hydroxyl groups is 1. The Bertz CT molecular complexity index is 565. The summed E-state index contributed by atoms with van der Waals surface area (Å²) in [5.41, 5.74) is 2.28. The van der Waals surface area contributed by atoms with Crippen molar-refractivity contribution < 1.29 is 18.6 Å². The van der Waals surface area contributed by atoms with Crippen molar-refractivity contribution in [2.45, 2.75) is 6.92 Å². The number of rotatable bonds is 4. The molecular weight excluding hydrogens is 250 g/mol. The minimum Gasteiger partial charge on any atom is -0.505 e. The lowest BCUT2D eigenvalue weighted by Crippen LogP contribution is -1.98. The highest BCUT2D eigenvalue weighted by Gasteiger charge is 2.08. The molecule has 0 atom stereocenters. The van der Waals surface area contributed by atoms with Gasteiger partial charge in [-0.3, -0.25) is 0 Å². The van der Waals surface area contributed by atoms with E-state index in [0.29, 0.717) is 11.3 Å². The Kier molecular flexibility index (Phi) is 4.00. The maximum atomic E-state index is 13.4. The Morgan fingerprint density at radius 2 is 1.84 bits per heavy atom. The minimum absolute atomic E-state index is 0.0201. The fraction of sp³-hybridized carbons (Fsp3) is 0.200. The Morgan fingerprint density at radius 3 is 2.47 bits per heavy atom. The van der Waals surface area contributed by atoms with Gasteiger partial charge in [0.05, 0.1) is 0 Å². The van der Waals surface area contributed by atoms with Gasteiger partial charge in [-0.15, -0.1) is 0 Å². The first-order valence-electron chi connectivity index (χ1n) is 5.90. The van der Waals surface area contributed by atoms with Crippen LogP contribution in [0.4, 0.5) is 8.78 Å². The summed E-state index contributed by atoms with van der Waals surface area (Å²) in [6, 6.07) is 9.63. The van der Waals surface area contributed by atoms with Crippen LogP contribution < -0.4 is 4.74 Å². The number of aryl methyl sites for hydroxylation is 1. The molecule has 4 heteroatoms. The Labute approximate surface area is 110 Å². The highest BCUT2D eigenvalue weighted by Crippen LogP contribution is 2.30. The smallest absolute Gasteiger partial charge is 0.165 e. The van der Waals surface area contributed by atoms with Crippen LogP contribution in [0.3, 0.4) is 0 Å². The maximum Gasteiger partial charge on any atom is 0.165 e. The number of benzene rings is 2. The first kappa shape index (κ1) is 13.3. The van der Waals surface area contributed by atoms with Crippen LogP contribution in [0.1, 0.15) is 5.56 Å². The van der Waals surface area contributed by atoms with E-state index in [4.69, 9.17) is 4.74 Å². The van der Waals surface area contributed by atoms with E-state index in [1.807, 2.05) is 0 Å². The summed E-state index contributed by atoms with van der Waals surface area (Å²) in [5, 5.41) is 9.28. The zero-order chi connectivity index (χ0) is 13.8. The van der Waals surface area contributed by atoms with Crippen molar-refractivity contribution in [2.24, 2.45) is 0 Å². The van der Waals surface area contributed by atoms with Crippen molar-refractivity contribution in [3.63, 3.8) is 0 Å². The number of halogens is 2. The van der Waals surface area contributed by atoms with Gasteiger partial charge < -0.3 is 9.84 Å². The van der Waals surface area contributed by atoms with Gasteiger partial charge in [0.15, 0.2) is 11.6 Å². The summed E-state index contributed by atoms with van der Waals surface area (Å²) in [7, 11) is 0. The highest BCUT2D eigenvalue weighted by molar-refractivity contribution is 5.68. The van der Waals surface area contributed by atoms with E-state index in [1.54, 1.807) is 31.2 Å². The number of alkyl halides is 1. The molecule has 100 valence electrons. The third-order valence-electron chi connectivity index (χ3n) is 2.81. The molecule has 19 heavy (non-hydrogen) atoms. The van der Waals surface area contributed by atoms with Gasteiger partial charge >= 0.3 is 0 Å². The predicted octanol–water partition coefficient (Wildman–Crippen LogP) is 3.86. The second-order valence-electron chi connectivity index (χ2n) is 4.18. The molecule has 0 spiro atoms. The summed E-state index contributed by atoms with van der Waals surface area (Å²) in [6.07, 6.45) is 0. The first-order chi connectivity index (χ1) is 9.11. The molecule has 0 aliphatic heterocycles. The van der Waals surface area contributed by atoms with Gasteiger partial charge in [0, 0.05) is 0 Å². The molecule has 0 amide bonds. The van der Waals surface area contributed by atoms with Crippen molar-refractivity contribution in [1.82, 2.24) is 0 Å². The molecule has 0 saturated heterocycles. The fourth-order valence-electron chi connectivity index (χ4n) is 1.86. The van der Waals surface area contributed by atoms with Crippen molar-refractivity contribution in [2.75, 3.05) is 13.3 Å². The molecule has 0 heterocycles. The number of phenolic OH excluding ortho intramolecular Hbond substituents is 1. The number of hydrogen-bond acceptors (Lipinski definition) is 2. The van der Waals surface area contributed by atoms with E-state index >= 15 is 0 Å². The molecule has 2 nitrogen and oxygen atoms in total. The van der Waals surface area contributed by atoms with Crippen LogP contribution in [-0.4, -0.2) is 18.4 Å². The van der Waals surface area contributed by atoms with E-state index in [-0.39, 0.29) is 12.4 Å². The van der Waals surface area contributed by atoms with Crippen molar-refractivity contribution >= 4 is 0 Å². The third-order valence-corrected chi connectivity index (χ3v) is 2.81. The largest absolute Gasteiger partial charge is 0.505 e. The molecule has 0 radical (unpaired) electrons. The summed E-state index contributed by atoms with van der Waals surface area (Å²) < 4.78 is 30.5. The van der Waals surface area contributed by atoms with Crippen LogP contribution >= 0.6 is 0 Å². The molecule has 2 rings (SSSR count). The van der Waals surface area contributed by atoms with Crippen molar-refractivity contribution in [1.29, 1.82) is 0 Å². The highest BCUT2D eigenvalue weighted by atomic mass is 19.1. The van der Waals surface area contributed by atoms with Gasteiger partial charge in [-0.2, -0.15) is 0 Å². The topological polar surface area (TPSA) is 29.5 Å². The van der Waals surface area contributed by atoms with Crippen molar-refractivity contribution in [3.8, 4) is 22.6 Å². The van der Waals surface area contributed by atoms with Gasteiger partial charge in [-0.05, 0) is 47.9 Å². The lowest BCUT2D eigenvalue weighted by molar-refractivity contribution is 0.273. The van der Waals surface area contributed by atoms with Gasteiger partial charge in [0.2, 0.25) is 0 Å². The first-order valence-corrected chi connectivity index (χ1v) is 5.90. The van der Waals surface area contributed by atoms with Crippen LogP contribution in [-0.2, 0) is 0 Å². The van der Waals surface area contributed by atoms with Crippen LogP contribution in [0.25, 0.3) is 11.1 Å². The molecule has 0 aromatic heterocycles. The van der Waals surface area contributed by atoms with Crippen LogP contribution in [0.5, 0.6) is 11.5 Å². The number of ether oxygens (including phenoxy) is 1. The van der Waals surface area contributed by atoms with Crippen LogP contribution in [0.2, 0.25) is 0 Å². The zero-order valence-corrected chi connectivity index (χ0v) is 10.5. The molecule has 0 fully saturated rings. The fourth-order valence-corrected chi connectivity index (χ4v) is 1.86. The van der Waals surface area contributed by atoms with E-state index in [1.165, 1.54) is 12.1 Å². The van der Waals surface area contributed by atoms with Crippen LogP contribution in [0.15, 0.2) is 36.4 Å².